The van der Waals surface area contributed by atoms with Crippen molar-refractivity contribution in [1.82, 2.24) is 0 Å². The monoisotopic (exact) mass is 211 g/mol. The number of halogens is 1. The summed E-state index contributed by atoms with van der Waals surface area (Å²) < 4.78 is 13.3. The highest BCUT2D eigenvalue weighted by atomic mass is 19.1. The van der Waals surface area contributed by atoms with Crippen LogP contribution in [0.3, 0.4) is 0 Å². The molecule has 3 N–H and O–H groups in total. The lowest BCUT2D eigenvalue weighted by Crippen LogP contribution is -2.15. The van der Waals surface area contributed by atoms with Crippen LogP contribution in [0.4, 0.5) is 4.39 Å². The number of aliphatic carboxylic acids is 1. The number of carboxylic acid groups (broad SMARTS) is 1. The van der Waals surface area contributed by atoms with Gasteiger partial charge in [0, 0.05) is 6.42 Å². The number of rotatable bonds is 5. The van der Waals surface area contributed by atoms with Crippen LogP contribution in [-0.4, -0.2) is 17.6 Å². The van der Waals surface area contributed by atoms with Crippen molar-refractivity contribution >= 4 is 5.97 Å². The summed E-state index contributed by atoms with van der Waals surface area (Å²) in [5, 5.41) is 8.54. The third-order valence-electron chi connectivity index (χ3n) is 2.34. The van der Waals surface area contributed by atoms with E-state index < -0.39 is 5.97 Å². The lowest BCUT2D eigenvalue weighted by Gasteiger charge is -2.14. The van der Waals surface area contributed by atoms with Gasteiger partial charge < -0.3 is 10.8 Å². The van der Waals surface area contributed by atoms with E-state index in [1.165, 1.54) is 6.07 Å². The lowest BCUT2D eigenvalue weighted by molar-refractivity contribution is -0.137. The van der Waals surface area contributed by atoms with Crippen molar-refractivity contribution < 1.29 is 14.3 Å². The molecule has 1 unspecified atom stereocenters. The SMILES string of the molecule is NCC(CCC(=O)O)c1ccccc1F. The molecule has 15 heavy (non-hydrogen) atoms. The van der Waals surface area contributed by atoms with E-state index in [2.05, 4.69) is 0 Å². The average molecular weight is 211 g/mol. The van der Waals surface area contributed by atoms with Gasteiger partial charge in [-0.05, 0) is 30.5 Å². The van der Waals surface area contributed by atoms with Gasteiger partial charge in [0.1, 0.15) is 5.82 Å². The molecule has 1 aromatic rings. The second-order valence-electron chi connectivity index (χ2n) is 3.39. The van der Waals surface area contributed by atoms with Gasteiger partial charge in [-0.2, -0.15) is 0 Å². The van der Waals surface area contributed by atoms with Gasteiger partial charge >= 0.3 is 5.97 Å². The third-order valence-corrected chi connectivity index (χ3v) is 2.34. The molecule has 0 heterocycles. The molecule has 0 saturated carbocycles. The molecule has 4 heteroatoms. The summed E-state index contributed by atoms with van der Waals surface area (Å²) >= 11 is 0. The van der Waals surface area contributed by atoms with Crippen molar-refractivity contribution in [1.29, 1.82) is 0 Å². The molecule has 1 aromatic carbocycles. The van der Waals surface area contributed by atoms with Gasteiger partial charge in [-0.1, -0.05) is 18.2 Å². The first-order chi connectivity index (χ1) is 7.15. The fourth-order valence-corrected chi connectivity index (χ4v) is 1.50. The minimum Gasteiger partial charge on any atom is -0.481 e. The number of nitrogens with two attached hydrogens (primary N) is 1. The molecule has 0 amide bonds. The maximum atomic E-state index is 13.3. The van der Waals surface area contributed by atoms with Crippen LogP contribution in [-0.2, 0) is 4.79 Å². The molecular formula is C11H14FNO2. The summed E-state index contributed by atoms with van der Waals surface area (Å²) in [4.78, 5) is 10.4. The summed E-state index contributed by atoms with van der Waals surface area (Å²) in [5.41, 5.74) is 6.00. The second-order valence-corrected chi connectivity index (χ2v) is 3.39. The Bertz CT molecular complexity index is 341. The van der Waals surface area contributed by atoms with Crippen molar-refractivity contribution in [2.24, 2.45) is 5.73 Å². The van der Waals surface area contributed by atoms with Gasteiger partial charge in [-0.3, -0.25) is 4.79 Å². The summed E-state index contributed by atoms with van der Waals surface area (Å²) in [6.07, 6.45) is 0.378. The van der Waals surface area contributed by atoms with Gasteiger partial charge in [0.2, 0.25) is 0 Å². The van der Waals surface area contributed by atoms with Crippen LogP contribution in [0.15, 0.2) is 24.3 Å². The Morgan fingerprint density at radius 2 is 2.13 bits per heavy atom. The van der Waals surface area contributed by atoms with Crippen LogP contribution < -0.4 is 5.73 Å². The van der Waals surface area contributed by atoms with E-state index in [1.54, 1.807) is 18.2 Å². The van der Waals surface area contributed by atoms with Crippen LogP contribution in [0.1, 0.15) is 24.3 Å². The Labute approximate surface area is 87.7 Å². The molecular weight excluding hydrogens is 197 g/mol. The van der Waals surface area contributed by atoms with Crippen LogP contribution in [0, 0.1) is 5.82 Å². The molecule has 1 atom stereocenters. The third kappa shape index (κ3) is 3.32. The van der Waals surface area contributed by atoms with Crippen molar-refractivity contribution in [3.05, 3.63) is 35.6 Å². The Morgan fingerprint density at radius 1 is 1.47 bits per heavy atom. The van der Waals surface area contributed by atoms with E-state index in [0.717, 1.165) is 0 Å². The standard InChI is InChI=1S/C11H14FNO2/c12-10-4-2-1-3-9(10)8(7-13)5-6-11(14)15/h1-4,8H,5-7,13H2,(H,14,15). The second kappa shape index (κ2) is 5.46. The van der Waals surface area contributed by atoms with Gasteiger partial charge in [0.25, 0.3) is 0 Å². The van der Waals surface area contributed by atoms with E-state index in [1.807, 2.05) is 0 Å². The highest BCUT2D eigenvalue weighted by molar-refractivity contribution is 5.66. The molecule has 0 bridgehead atoms. The molecule has 0 aliphatic carbocycles. The number of benzene rings is 1. The zero-order chi connectivity index (χ0) is 11.3. The minimum atomic E-state index is -0.884. The predicted molar refractivity (Wildman–Crippen MR) is 55.1 cm³/mol. The summed E-state index contributed by atoms with van der Waals surface area (Å²) in [7, 11) is 0. The molecule has 0 radical (unpaired) electrons. The maximum absolute atomic E-state index is 13.3. The van der Waals surface area contributed by atoms with E-state index in [9.17, 15) is 9.18 Å². The number of hydrogen-bond acceptors (Lipinski definition) is 2. The zero-order valence-electron chi connectivity index (χ0n) is 8.32. The van der Waals surface area contributed by atoms with Crippen molar-refractivity contribution in [2.75, 3.05) is 6.54 Å². The van der Waals surface area contributed by atoms with Crippen LogP contribution in [0.25, 0.3) is 0 Å². The topological polar surface area (TPSA) is 63.3 Å². The first-order valence-corrected chi connectivity index (χ1v) is 4.81. The summed E-state index contributed by atoms with van der Waals surface area (Å²) in [6.45, 7) is 0.258. The van der Waals surface area contributed by atoms with E-state index in [0.29, 0.717) is 12.0 Å². The van der Waals surface area contributed by atoms with Gasteiger partial charge in [0.15, 0.2) is 0 Å². The fraction of sp³-hybridized carbons (Fsp3) is 0.364. The highest BCUT2D eigenvalue weighted by Crippen LogP contribution is 2.22. The molecule has 0 aromatic heterocycles. The maximum Gasteiger partial charge on any atom is 0.303 e. The normalized spacial score (nSPS) is 12.4. The van der Waals surface area contributed by atoms with E-state index in [4.69, 9.17) is 10.8 Å². The Kier molecular flexibility index (Phi) is 4.24. The molecule has 0 saturated heterocycles. The molecule has 0 aliphatic rings. The van der Waals surface area contributed by atoms with Crippen molar-refractivity contribution in [3.8, 4) is 0 Å². The van der Waals surface area contributed by atoms with Gasteiger partial charge in [-0.25, -0.2) is 4.39 Å². The molecule has 0 fully saturated rings. The number of carbonyl (C=O) groups is 1. The zero-order valence-corrected chi connectivity index (χ0v) is 8.32. The quantitative estimate of drug-likeness (QED) is 0.779. The van der Waals surface area contributed by atoms with E-state index >= 15 is 0 Å². The van der Waals surface area contributed by atoms with Crippen molar-refractivity contribution in [3.63, 3.8) is 0 Å². The number of carboxylic acids is 1. The molecule has 82 valence electrons. The molecule has 0 aliphatic heterocycles. The smallest absolute Gasteiger partial charge is 0.303 e. The minimum absolute atomic E-state index is 0.0101. The lowest BCUT2D eigenvalue weighted by atomic mass is 9.94. The van der Waals surface area contributed by atoms with Crippen LogP contribution in [0.2, 0.25) is 0 Å². The van der Waals surface area contributed by atoms with E-state index in [-0.39, 0.29) is 24.7 Å². The summed E-state index contributed by atoms with van der Waals surface area (Å²) in [5.74, 6) is -1.43. The Hall–Kier alpha value is -1.42. The number of hydrogen-bond donors (Lipinski definition) is 2. The molecule has 1 rings (SSSR count). The molecule has 3 nitrogen and oxygen atoms in total. The molecule has 0 spiro atoms. The first kappa shape index (κ1) is 11.7. The average Bonchev–Trinajstić information content (AvgIpc) is 2.21. The highest BCUT2D eigenvalue weighted by Gasteiger charge is 2.14. The van der Waals surface area contributed by atoms with Crippen molar-refractivity contribution in [2.45, 2.75) is 18.8 Å². The van der Waals surface area contributed by atoms with Crippen LogP contribution >= 0.6 is 0 Å². The largest absolute Gasteiger partial charge is 0.481 e. The van der Waals surface area contributed by atoms with Gasteiger partial charge in [0.05, 0.1) is 0 Å². The van der Waals surface area contributed by atoms with Gasteiger partial charge in [-0.15, -0.1) is 0 Å². The first-order valence-electron chi connectivity index (χ1n) is 4.81. The Balaban J connectivity index is 2.74. The summed E-state index contributed by atoms with van der Waals surface area (Å²) in [6, 6.07) is 6.33. The predicted octanol–water partition coefficient (Wildman–Crippen LogP) is 1.73. The van der Waals surface area contributed by atoms with Crippen LogP contribution in [0.5, 0.6) is 0 Å². The Morgan fingerprint density at radius 3 is 2.67 bits per heavy atom. The fourth-order valence-electron chi connectivity index (χ4n) is 1.50.